The first-order valence-corrected chi connectivity index (χ1v) is 10.0. The van der Waals surface area contributed by atoms with E-state index in [9.17, 15) is 4.79 Å². The number of carbonyl (C=O) groups excluding carboxylic acids is 1. The Balaban J connectivity index is 1.48. The highest BCUT2D eigenvalue weighted by molar-refractivity contribution is 5.97. The van der Waals surface area contributed by atoms with Crippen LogP contribution in [0, 0.1) is 5.41 Å². The quantitative estimate of drug-likeness (QED) is 0.895. The van der Waals surface area contributed by atoms with Gasteiger partial charge < -0.3 is 15.0 Å². The van der Waals surface area contributed by atoms with Gasteiger partial charge in [-0.15, -0.1) is 0 Å². The van der Waals surface area contributed by atoms with Gasteiger partial charge in [-0.05, 0) is 49.9 Å². The van der Waals surface area contributed by atoms with E-state index in [1.54, 1.807) is 0 Å². The first-order chi connectivity index (χ1) is 13.3. The Labute approximate surface area is 161 Å². The number of benzene rings is 2. The fourth-order valence-electron chi connectivity index (χ4n) is 4.43. The van der Waals surface area contributed by atoms with Gasteiger partial charge in [-0.3, -0.25) is 4.79 Å². The minimum absolute atomic E-state index is 0.100. The Morgan fingerprint density at radius 2 is 1.81 bits per heavy atom. The van der Waals surface area contributed by atoms with Crippen LogP contribution in [-0.2, 0) is 6.61 Å². The zero-order valence-corrected chi connectivity index (χ0v) is 15.8. The van der Waals surface area contributed by atoms with E-state index in [2.05, 4.69) is 5.32 Å². The lowest BCUT2D eigenvalue weighted by atomic mass is 9.74. The Morgan fingerprint density at radius 3 is 2.63 bits per heavy atom. The molecule has 1 unspecified atom stereocenters. The zero-order valence-electron chi connectivity index (χ0n) is 15.8. The van der Waals surface area contributed by atoms with Gasteiger partial charge in [-0.2, -0.15) is 0 Å². The summed E-state index contributed by atoms with van der Waals surface area (Å²) in [5.41, 5.74) is 2.03. The van der Waals surface area contributed by atoms with Crippen molar-refractivity contribution in [1.29, 1.82) is 0 Å². The number of likely N-dealkylation sites (tertiary alicyclic amines) is 1. The number of carbonyl (C=O) groups is 1. The first-order valence-electron chi connectivity index (χ1n) is 10.0. The second-order valence-corrected chi connectivity index (χ2v) is 7.88. The highest BCUT2D eigenvalue weighted by Crippen LogP contribution is 2.36. The Kier molecular flexibility index (Phi) is 5.44. The third-order valence-electron chi connectivity index (χ3n) is 5.86. The van der Waals surface area contributed by atoms with E-state index in [0.29, 0.717) is 17.9 Å². The maximum Gasteiger partial charge on any atom is 0.257 e. The van der Waals surface area contributed by atoms with E-state index in [-0.39, 0.29) is 11.3 Å². The lowest BCUT2D eigenvalue weighted by Gasteiger charge is -2.45. The molecular formula is C23H28N2O2. The molecule has 1 spiro atoms. The van der Waals surface area contributed by atoms with Crippen molar-refractivity contribution in [1.82, 2.24) is 10.2 Å². The minimum Gasteiger partial charge on any atom is -0.488 e. The summed E-state index contributed by atoms with van der Waals surface area (Å²) in [7, 11) is 0. The van der Waals surface area contributed by atoms with Crippen molar-refractivity contribution in [3.8, 4) is 5.75 Å². The number of para-hydroxylation sites is 1. The van der Waals surface area contributed by atoms with Gasteiger partial charge in [0, 0.05) is 25.0 Å². The molecule has 0 bridgehead atoms. The normalized spacial score (nSPS) is 22.6. The fourth-order valence-corrected chi connectivity index (χ4v) is 4.43. The monoisotopic (exact) mass is 364 g/mol. The highest BCUT2D eigenvalue weighted by Gasteiger charge is 2.38. The average Bonchev–Trinajstić information content (AvgIpc) is 2.73. The second kappa shape index (κ2) is 8.13. The number of nitrogens with one attached hydrogen (secondary N) is 1. The maximum absolute atomic E-state index is 13.3. The number of amides is 1. The van der Waals surface area contributed by atoms with Crippen molar-refractivity contribution in [2.75, 3.05) is 26.2 Å². The SMILES string of the molecule is O=C(c1ccccc1OCc1ccccc1)N1CCCC2(CCCNC2)C1. The van der Waals surface area contributed by atoms with Crippen LogP contribution in [0.25, 0.3) is 0 Å². The van der Waals surface area contributed by atoms with Crippen LogP contribution in [-0.4, -0.2) is 37.0 Å². The van der Waals surface area contributed by atoms with E-state index >= 15 is 0 Å². The summed E-state index contributed by atoms with van der Waals surface area (Å²) in [5, 5.41) is 3.53. The molecule has 2 aliphatic heterocycles. The Morgan fingerprint density at radius 1 is 1.04 bits per heavy atom. The molecule has 2 aromatic rings. The highest BCUT2D eigenvalue weighted by atomic mass is 16.5. The van der Waals surface area contributed by atoms with Crippen LogP contribution in [0.3, 0.4) is 0 Å². The minimum atomic E-state index is 0.100. The van der Waals surface area contributed by atoms with Crippen molar-refractivity contribution in [3.63, 3.8) is 0 Å². The Hall–Kier alpha value is -2.33. The first kappa shape index (κ1) is 18.1. The lowest BCUT2D eigenvalue weighted by molar-refractivity contribution is 0.0430. The molecule has 142 valence electrons. The molecule has 2 aliphatic rings. The van der Waals surface area contributed by atoms with Crippen molar-refractivity contribution in [2.24, 2.45) is 5.41 Å². The molecule has 0 saturated carbocycles. The molecule has 2 saturated heterocycles. The molecule has 1 atom stereocenters. The molecule has 1 N–H and O–H groups in total. The summed E-state index contributed by atoms with van der Waals surface area (Å²) >= 11 is 0. The molecule has 1 amide bonds. The number of piperidine rings is 2. The van der Waals surface area contributed by atoms with Crippen LogP contribution in [0.2, 0.25) is 0 Å². The molecule has 4 heteroatoms. The van der Waals surface area contributed by atoms with Crippen molar-refractivity contribution in [2.45, 2.75) is 32.3 Å². The molecule has 4 nitrogen and oxygen atoms in total. The summed E-state index contributed by atoms with van der Waals surface area (Å²) in [4.78, 5) is 15.3. The van der Waals surface area contributed by atoms with E-state index in [4.69, 9.17) is 4.74 Å². The van der Waals surface area contributed by atoms with Gasteiger partial charge in [0.05, 0.1) is 5.56 Å². The van der Waals surface area contributed by atoms with Gasteiger partial charge in [0.2, 0.25) is 0 Å². The predicted molar refractivity (Wildman–Crippen MR) is 107 cm³/mol. The third kappa shape index (κ3) is 4.16. The second-order valence-electron chi connectivity index (χ2n) is 7.88. The van der Waals surface area contributed by atoms with Gasteiger partial charge in [0.15, 0.2) is 0 Å². The van der Waals surface area contributed by atoms with E-state index in [1.165, 1.54) is 19.3 Å². The fraction of sp³-hybridized carbons (Fsp3) is 0.435. The predicted octanol–water partition coefficient (Wildman–Crippen LogP) is 3.87. The topological polar surface area (TPSA) is 41.6 Å². The summed E-state index contributed by atoms with van der Waals surface area (Å²) in [5.74, 6) is 0.774. The number of hydrogen-bond acceptors (Lipinski definition) is 3. The Bertz CT molecular complexity index is 763. The molecule has 0 aromatic heterocycles. The molecule has 0 aliphatic carbocycles. The summed E-state index contributed by atoms with van der Waals surface area (Å²) in [6.45, 7) is 4.30. The number of rotatable bonds is 4. The van der Waals surface area contributed by atoms with Crippen LogP contribution < -0.4 is 10.1 Å². The molecule has 27 heavy (non-hydrogen) atoms. The van der Waals surface area contributed by atoms with Crippen LogP contribution in [0.15, 0.2) is 54.6 Å². The molecule has 2 heterocycles. The van der Waals surface area contributed by atoms with E-state index < -0.39 is 0 Å². The van der Waals surface area contributed by atoms with Crippen LogP contribution >= 0.6 is 0 Å². The summed E-state index contributed by atoms with van der Waals surface area (Å²) in [6.07, 6.45) is 4.73. The summed E-state index contributed by atoms with van der Waals surface area (Å²) in [6, 6.07) is 17.7. The number of hydrogen-bond donors (Lipinski definition) is 1. The van der Waals surface area contributed by atoms with Crippen molar-refractivity contribution < 1.29 is 9.53 Å². The van der Waals surface area contributed by atoms with Gasteiger partial charge in [-0.1, -0.05) is 42.5 Å². The molecular weight excluding hydrogens is 336 g/mol. The molecule has 2 aromatic carbocycles. The third-order valence-corrected chi connectivity index (χ3v) is 5.86. The maximum atomic E-state index is 13.3. The van der Waals surface area contributed by atoms with Gasteiger partial charge in [0.25, 0.3) is 5.91 Å². The molecule has 4 rings (SSSR count). The van der Waals surface area contributed by atoms with E-state index in [0.717, 1.165) is 38.2 Å². The van der Waals surface area contributed by atoms with Crippen molar-refractivity contribution >= 4 is 5.91 Å². The van der Waals surface area contributed by atoms with Crippen LogP contribution in [0.5, 0.6) is 5.75 Å². The van der Waals surface area contributed by atoms with Gasteiger partial charge in [-0.25, -0.2) is 0 Å². The van der Waals surface area contributed by atoms with E-state index in [1.807, 2.05) is 59.5 Å². The summed E-state index contributed by atoms with van der Waals surface area (Å²) < 4.78 is 6.01. The van der Waals surface area contributed by atoms with Gasteiger partial charge >= 0.3 is 0 Å². The smallest absolute Gasteiger partial charge is 0.257 e. The van der Waals surface area contributed by atoms with Crippen LogP contribution in [0.1, 0.15) is 41.6 Å². The molecule has 2 fully saturated rings. The number of ether oxygens (including phenoxy) is 1. The zero-order chi connectivity index (χ0) is 18.5. The number of nitrogens with zero attached hydrogens (tertiary/aromatic N) is 1. The standard InChI is InChI=1S/C23H28N2O2/c26-22(25-15-7-13-23(18-25)12-6-14-24-17-23)20-10-4-5-11-21(20)27-16-19-8-2-1-3-9-19/h1-5,8-11,24H,6-7,12-18H2. The van der Waals surface area contributed by atoms with Crippen LogP contribution in [0.4, 0.5) is 0 Å². The molecule has 0 radical (unpaired) electrons. The lowest BCUT2D eigenvalue weighted by Crippen LogP contribution is -2.52. The van der Waals surface area contributed by atoms with Crippen molar-refractivity contribution in [3.05, 3.63) is 65.7 Å². The average molecular weight is 364 g/mol. The largest absolute Gasteiger partial charge is 0.488 e. The van der Waals surface area contributed by atoms with Gasteiger partial charge in [0.1, 0.15) is 12.4 Å².